The maximum atomic E-state index is 13.4. The zero-order valence-electron chi connectivity index (χ0n) is 17.2. The van der Waals surface area contributed by atoms with Gasteiger partial charge in [0.05, 0.1) is 5.70 Å². The highest BCUT2D eigenvalue weighted by molar-refractivity contribution is 6.30. The second-order valence-electron chi connectivity index (χ2n) is 7.59. The molecule has 0 radical (unpaired) electrons. The van der Waals surface area contributed by atoms with Crippen molar-refractivity contribution < 1.29 is 4.79 Å². The third kappa shape index (κ3) is 4.10. The number of hydrogen-bond acceptors (Lipinski definition) is 1. The van der Waals surface area contributed by atoms with Gasteiger partial charge in [0.25, 0.3) is 5.91 Å². The van der Waals surface area contributed by atoms with Gasteiger partial charge in [-0.3, -0.25) is 9.69 Å². The van der Waals surface area contributed by atoms with E-state index in [1.54, 1.807) is 4.90 Å². The van der Waals surface area contributed by atoms with Gasteiger partial charge < -0.3 is 0 Å². The minimum atomic E-state index is -0.0277. The molecule has 1 heterocycles. The van der Waals surface area contributed by atoms with Crippen molar-refractivity contribution in [3.05, 3.63) is 112 Å². The molecule has 1 aliphatic heterocycles. The standard InChI is InChI=1S/C27H24ClNO/c1-3-19(2)21-11-15-25(16-12-21)29-26(22-9-13-24(28)14-10-22)18-23(27(29)30)17-20-7-5-4-6-8-20/h4-19H,3H2,1-2H3/b23-17+/t19-/m1/s1. The fourth-order valence-electron chi connectivity index (χ4n) is 3.62. The number of amides is 1. The molecule has 1 aliphatic rings. The maximum Gasteiger partial charge on any atom is 0.262 e. The van der Waals surface area contributed by atoms with Crippen LogP contribution in [0.25, 0.3) is 11.8 Å². The highest BCUT2D eigenvalue weighted by Crippen LogP contribution is 2.36. The van der Waals surface area contributed by atoms with Gasteiger partial charge in [0.15, 0.2) is 0 Å². The molecule has 0 spiro atoms. The van der Waals surface area contributed by atoms with Crippen LogP contribution in [-0.4, -0.2) is 5.91 Å². The molecule has 2 nitrogen and oxygen atoms in total. The Balaban J connectivity index is 1.77. The molecule has 3 heteroatoms. The van der Waals surface area contributed by atoms with Crippen LogP contribution in [0.3, 0.4) is 0 Å². The molecule has 0 bridgehead atoms. The third-order valence-electron chi connectivity index (χ3n) is 5.58. The van der Waals surface area contributed by atoms with E-state index < -0.39 is 0 Å². The summed E-state index contributed by atoms with van der Waals surface area (Å²) in [5.74, 6) is 0.466. The molecule has 0 saturated heterocycles. The van der Waals surface area contributed by atoms with Gasteiger partial charge in [-0.1, -0.05) is 80.0 Å². The highest BCUT2D eigenvalue weighted by atomic mass is 35.5. The summed E-state index contributed by atoms with van der Waals surface area (Å²) in [5, 5.41) is 0.674. The summed E-state index contributed by atoms with van der Waals surface area (Å²) >= 11 is 6.09. The summed E-state index contributed by atoms with van der Waals surface area (Å²) < 4.78 is 0. The van der Waals surface area contributed by atoms with Crippen LogP contribution in [0.1, 0.15) is 42.9 Å². The summed E-state index contributed by atoms with van der Waals surface area (Å²) in [4.78, 5) is 15.2. The lowest BCUT2D eigenvalue weighted by Crippen LogP contribution is -2.25. The van der Waals surface area contributed by atoms with Crippen molar-refractivity contribution in [2.75, 3.05) is 4.90 Å². The molecule has 30 heavy (non-hydrogen) atoms. The van der Waals surface area contributed by atoms with Gasteiger partial charge in [-0.25, -0.2) is 0 Å². The number of carbonyl (C=O) groups excluding carboxylic acids is 1. The zero-order chi connectivity index (χ0) is 21.1. The Labute approximate surface area is 183 Å². The first-order valence-electron chi connectivity index (χ1n) is 10.3. The molecule has 1 atom stereocenters. The van der Waals surface area contributed by atoms with E-state index in [4.69, 9.17) is 11.6 Å². The molecular weight excluding hydrogens is 390 g/mol. The van der Waals surface area contributed by atoms with Gasteiger partial charge in [0.2, 0.25) is 0 Å². The Morgan fingerprint density at radius 3 is 2.23 bits per heavy atom. The van der Waals surface area contributed by atoms with Gasteiger partial charge in [0.1, 0.15) is 0 Å². The van der Waals surface area contributed by atoms with E-state index in [0.29, 0.717) is 16.5 Å². The number of hydrogen-bond donors (Lipinski definition) is 0. The Kier molecular flexibility index (Phi) is 5.87. The van der Waals surface area contributed by atoms with Gasteiger partial charge in [-0.15, -0.1) is 0 Å². The summed E-state index contributed by atoms with van der Waals surface area (Å²) in [7, 11) is 0. The monoisotopic (exact) mass is 413 g/mol. The quantitative estimate of drug-likeness (QED) is 0.401. The van der Waals surface area contributed by atoms with Gasteiger partial charge in [-0.2, -0.15) is 0 Å². The van der Waals surface area contributed by atoms with E-state index in [-0.39, 0.29) is 5.91 Å². The summed E-state index contributed by atoms with van der Waals surface area (Å²) in [6, 6.07) is 25.8. The fraction of sp³-hybridized carbons (Fsp3) is 0.148. The van der Waals surface area contributed by atoms with Crippen LogP contribution in [0.5, 0.6) is 0 Å². The molecule has 4 rings (SSSR count). The van der Waals surface area contributed by atoms with E-state index in [9.17, 15) is 4.79 Å². The number of nitrogens with zero attached hydrogens (tertiary/aromatic N) is 1. The molecular formula is C27H24ClNO. The van der Waals surface area contributed by atoms with Crippen LogP contribution in [0.4, 0.5) is 5.69 Å². The molecule has 0 saturated carbocycles. The molecule has 0 unspecified atom stereocenters. The van der Waals surface area contributed by atoms with Crippen LogP contribution in [0, 0.1) is 0 Å². The molecule has 150 valence electrons. The first-order valence-corrected chi connectivity index (χ1v) is 10.6. The second-order valence-corrected chi connectivity index (χ2v) is 8.02. The van der Waals surface area contributed by atoms with Gasteiger partial charge >= 0.3 is 0 Å². The molecule has 3 aromatic carbocycles. The lowest BCUT2D eigenvalue weighted by Gasteiger charge is -2.22. The third-order valence-corrected chi connectivity index (χ3v) is 5.83. The van der Waals surface area contributed by atoms with Crippen LogP contribution < -0.4 is 4.90 Å². The molecule has 0 aromatic heterocycles. The lowest BCUT2D eigenvalue weighted by atomic mass is 9.98. The molecule has 3 aromatic rings. The van der Waals surface area contributed by atoms with E-state index in [1.807, 2.05) is 78.9 Å². The SMILES string of the molecule is CC[C@@H](C)c1ccc(N2C(=O)/C(=C/c3ccccc3)C=C2c2ccc(Cl)cc2)cc1. The number of carbonyl (C=O) groups is 1. The minimum Gasteiger partial charge on any atom is -0.276 e. The minimum absolute atomic E-state index is 0.0277. The van der Waals surface area contributed by atoms with Crippen molar-refractivity contribution >= 4 is 35.0 Å². The second kappa shape index (κ2) is 8.73. The van der Waals surface area contributed by atoms with Crippen LogP contribution >= 0.6 is 11.6 Å². The average Bonchev–Trinajstić information content (AvgIpc) is 3.10. The lowest BCUT2D eigenvalue weighted by molar-refractivity contribution is -0.113. The van der Waals surface area contributed by atoms with E-state index in [2.05, 4.69) is 26.0 Å². The normalized spacial score (nSPS) is 16.1. The molecule has 0 N–H and O–H groups in total. The Bertz CT molecular complexity index is 1100. The van der Waals surface area contributed by atoms with E-state index in [0.717, 1.165) is 28.9 Å². The average molecular weight is 414 g/mol. The predicted octanol–water partition coefficient (Wildman–Crippen LogP) is 7.32. The first-order chi connectivity index (χ1) is 14.6. The highest BCUT2D eigenvalue weighted by Gasteiger charge is 2.30. The topological polar surface area (TPSA) is 20.3 Å². The molecule has 0 fully saturated rings. The zero-order valence-corrected chi connectivity index (χ0v) is 17.9. The number of halogens is 1. The smallest absolute Gasteiger partial charge is 0.262 e. The van der Waals surface area contributed by atoms with Crippen molar-refractivity contribution in [2.24, 2.45) is 0 Å². The van der Waals surface area contributed by atoms with E-state index >= 15 is 0 Å². The fourth-order valence-corrected chi connectivity index (χ4v) is 3.75. The van der Waals surface area contributed by atoms with Crippen molar-refractivity contribution in [2.45, 2.75) is 26.2 Å². The van der Waals surface area contributed by atoms with Crippen LogP contribution in [-0.2, 0) is 4.79 Å². The number of rotatable bonds is 5. The summed E-state index contributed by atoms with van der Waals surface area (Å²) in [5.41, 5.74) is 5.62. The molecule has 0 aliphatic carbocycles. The number of benzene rings is 3. The summed E-state index contributed by atoms with van der Waals surface area (Å²) in [6.45, 7) is 4.40. The largest absolute Gasteiger partial charge is 0.276 e. The van der Waals surface area contributed by atoms with Crippen molar-refractivity contribution in [1.29, 1.82) is 0 Å². The number of anilines is 1. The van der Waals surface area contributed by atoms with Crippen LogP contribution in [0.15, 0.2) is 90.5 Å². The van der Waals surface area contributed by atoms with E-state index in [1.165, 1.54) is 5.56 Å². The van der Waals surface area contributed by atoms with Gasteiger partial charge in [-0.05, 0) is 65.4 Å². The first kappa shape index (κ1) is 20.2. The van der Waals surface area contributed by atoms with Crippen molar-refractivity contribution in [1.82, 2.24) is 0 Å². The Hall–Kier alpha value is -3.10. The van der Waals surface area contributed by atoms with Crippen LogP contribution in [0.2, 0.25) is 5.02 Å². The molecule has 1 amide bonds. The summed E-state index contributed by atoms with van der Waals surface area (Å²) in [6.07, 6.45) is 4.98. The van der Waals surface area contributed by atoms with Crippen molar-refractivity contribution in [3.8, 4) is 0 Å². The predicted molar refractivity (Wildman–Crippen MR) is 126 cm³/mol. The Morgan fingerprint density at radius 2 is 1.60 bits per heavy atom. The maximum absolute atomic E-state index is 13.4. The Morgan fingerprint density at radius 1 is 0.933 bits per heavy atom. The van der Waals surface area contributed by atoms with Crippen molar-refractivity contribution in [3.63, 3.8) is 0 Å². The van der Waals surface area contributed by atoms with Gasteiger partial charge in [0, 0.05) is 16.3 Å².